The fourth-order valence-corrected chi connectivity index (χ4v) is 2.21. The molecule has 1 aromatic carbocycles. The molecule has 0 aliphatic heterocycles. The van der Waals surface area contributed by atoms with Crippen molar-refractivity contribution in [1.82, 2.24) is 10.3 Å². The number of amides is 1. The Morgan fingerprint density at radius 2 is 1.96 bits per heavy atom. The van der Waals surface area contributed by atoms with E-state index in [1.165, 1.54) is 13.3 Å². The third kappa shape index (κ3) is 5.19. The molecule has 6 nitrogen and oxygen atoms in total. The summed E-state index contributed by atoms with van der Waals surface area (Å²) in [6, 6.07) is 7.99. The second-order valence-corrected chi connectivity index (χ2v) is 6.25. The summed E-state index contributed by atoms with van der Waals surface area (Å²) >= 11 is 6.16. The Morgan fingerprint density at radius 3 is 2.64 bits per heavy atom. The number of ether oxygens (including phenoxy) is 1. The summed E-state index contributed by atoms with van der Waals surface area (Å²) in [6.07, 6.45) is 1.53. The maximum atomic E-state index is 12.1. The molecule has 0 saturated carbocycles. The number of aromatic nitrogens is 1. The highest BCUT2D eigenvalue weighted by atomic mass is 35.5. The smallest absolute Gasteiger partial charge is 0.337 e. The van der Waals surface area contributed by atoms with Crippen LogP contribution in [0, 0.1) is 5.92 Å². The minimum Gasteiger partial charge on any atom is -0.465 e. The van der Waals surface area contributed by atoms with Gasteiger partial charge in [0.25, 0.3) is 5.91 Å². The van der Waals surface area contributed by atoms with Gasteiger partial charge in [0.1, 0.15) is 5.82 Å². The number of hydrogen-bond acceptors (Lipinski definition) is 5. The van der Waals surface area contributed by atoms with Gasteiger partial charge in [-0.1, -0.05) is 25.4 Å². The molecule has 0 atom stereocenters. The zero-order valence-corrected chi connectivity index (χ0v) is 15.1. The van der Waals surface area contributed by atoms with Crippen LogP contribution in [0.1, 0.15) is 34.6 Å². The van der Waals surface area contributed by atoms with Gasteiger partial charge in [-0.2, -0.15) is 0 Å². The minimum atomic E-state index is -0.463. The summed E-state index contributed by atoms with van der Waals surface area (Å²) in [7, 11) is 1.31. The highest BCUT2D eigenvalue weighted by molar-refractivity contribution is 6.33. The lowest BCUT2D eigenvalue weighted by Gasteiger charge is -2.11. The van der Waals surface area contributed by atoms with Crippen molar-refractivity contribution in [2.45, 2.75) is 13.8 Å². The van der Waals surface area contributed by atoms with Crippen molar-refractivity contribution < 1.29 is 14.3 Å². The Balaban J connectivity index is 2.19. The summed E-state index contributed by atoms with van der Waals surface area (Å²) in [4.78, 5) is 28.0. The lowest BCUT2D eigenvalue weighted by molar-refractivity contribution is 0.0600. The number of esters is 1. The van der Waals surface area contributed by atoms with Crippen LogP contribution in [-0.2, 0) is 4.74 Å². The molecule has 1 amide bonds. The Morgan fingerprint density at radius 1 is 1.20 bits per heavy atom. The number of carbonyl (C=O) groups is 2. The van der Waals surface area contributed by atoms with Gasteiger partial charge in [-0.25, -0.2) is 9.78 Å². The van der Waals surface area contributed by atoms with Crippen LogP contribution >= 0.6 is 11.6 Å². The van der Waals surface area contributed by atoms with Crippen LogP contribution in [0.3, 0.4) is 0 Å². The highest BCUT2D eigenvalue weighted by Crippen LogP contribution is 2.26. The van der Waals surface area contributed by atoms with Gasteiger partial charge in [0.15, 0.2) is 0 Å². The zero-order valence-electron chi connectivity index (χ0n) is 14.3. The Bertz CT molecular complexity index is 778. The normalized spacial score (nSPS) is 10.4. The van der Waals surface area contributed by atoms with Crippen molar-refractivity contribution in [3.63, 3.8) is 0 Å². The predicted molar refractivity (Wildman–Crippen MR) is 97.5 cm³/mol. The number of halogens is 1. The topological polar surface area (TPSA) is 80.3 Å². The Labute approximate surface area is 151 Å². The number of benzene rings is 1. The van der Waals surface area contributed by atoms with Gasteiger partial charge in [-0.3, -0.25) is 4.79 Å². The third-order valence-electron chi connectivity index (χ3n) is 3.34. The van der Waals surface area contributed by atoms with Crippen LogP contribution in [0.4, 0.5) is 11.5 Å². The molecule has 0 aliphatic rings. The van der Waals surface area contributed by atoms with Crippen molar-refractivity contribution >= 4 is 35.0 Å². The molecule has 0 spiro atoms. The van der Waals surface area contributed by atoms with Crippen LogP contribution in [0.15, 0.2) is 36.5 Å². The van der Waals surface area contributed by atoms with Gasteiger partial charge in [-0.05, 0) is 36.2 Å². The average molecular weight is 362 g/mol. The molecule has 0 fully saturated rings. The molecule has 2 rings (SSSR count). The summed E-state index contributed by atoms with van der Waals surface area (Å²) in [6.45, 7) is 4.64. The molecular weight excluding hydrogens is 342 g/mol. The lowest BCUT2D eigenvalue weighted by atomic mass is 10.2. The minimum absolute atomic E-state index is 0.173. The van der Waals surface area contributed by atoms with E-state index in [2.05, 4.69) is 15.6 Å². The van der Waals surface area contributed by atoms with Gasteiger partial charge in [-0.15, -0.1) is 0 Å². The highest BCUT2D eigenvalue weighted by Gasteiger charge is 2.11. The molecule has 25 heavy (non-hydrogen) atoms. The molecule has 1 heterocycles. The molecule has 0 bridgehead atoms. The average Bonchev–Trinajstić information content (AvgIpc) is 2.61. The van der Waals surface area contributed by atoms with Crippen LogP contribution in [0.2, 0.25) is 5.02 Å². The molecular formula is C18H20ClN3O3. The van der Waals surface area contributed by atoms with Crippen LogP contribution in [-0.4, -0.2) is 30.5 Å². The van der Waals surface area contributed by atoms with E-state index in [-0.39, 0.29) is 5.91 Å². The van der Waals surface area contributed by atoms with Gasteiger partial charge in [0.2, 0.25) is 0 Å². The number of anilines is 2. The molecule has 0 saturated heterocycles. The van der Waals surface area contributed by atoms with Crippen molar-refractivity contribution in [2.75, 3.05) is 19.0 Å². The summed E-state index contributed by atoms with van der Waals surface area (Å²) in [5.41, 5.74) is 1.34. The first-order valence-electron chi connectivity index (χ1n) is 7.80. The maximum Gasteiger partial charge on any atom is 0.337 e. The number of hydrogen-bond donors (Lipinski definition) is 2. The standard InChI is InChI=1S/C18H20ClN3O3/c1-11(2)10-21-17(23)12-6-7-20-16(9-12)22-15-8-13(18(24)25-3)4-5-14(15)19/h4-9,11H,10H2,1-3H3,(H,20,22)(H,21,23). The number of carbonyl (C=O) groups excluding carboxylic acids is 2. The first kappa shape index (κ1) is 18.7. The van der Waals surface area contributed by atoms with E-state index in [1.54, 1.807) is 30.3 Å². The quantitative estimate of drug-likeness (QED) is 0.767. The van der Waals surface area contributed by atoms with E-state index in [4.69, 9.17) is 16.3 Å². The van der Waals surface area contributed by atoms with E-state index in [9.17, 15) is 9.59 Å². The van der Waals surface area contributed by atoms with E-state index >= 15 is 0 Å². The second kappa shape index (κ2) is 8.48. The van der Waals surface area contributed by atoms with Gasteiger partial charge in [0.05, 0.1) is 23.4 Å². The second-order valence-electron chi connectivity index (χ2n) is 5.84. The van der Waals surface area contributed by atoms with E-state index < -0.39 is 5.97 Å². The molecule has 2 aromatic rings. The first-order chi connectivity index (χ1) is 11.9. The number of rotatable bonds is 6. The Hall–Kier alpha value is -2.60. The zero-order chi connectivity index (χ0) is 18.4. The molecule has 0 aliphatic carbocycles. The SMILES string of the molecule is COC(=O)c1ccc(Cl)c(Nc2cc(C(=O)NCC(C)C)ccn2)c1. The molecule has 0 radical (unpaired) electrons. The summed E-state index contributed by atoms with van der Waals surface area (Å²) < 4.78 is 4.70. The van der Waals surface area contributed by atoms with E-state index in [0.29, 0.717) is 40.1 Å². The number of pyridine rings is 1. The predicted octanol–water partition coefficient (Wildman–Crippen LogP) is 3.65. The van der Waals surface area contributed by atoms with Gasteiger partial charge >= 0.3 is 5.97 Å². The third-order valence-corrected chi connectivity index (χ3v) is 3.67. The van der Waals surface area contributed by atoms with Crippen molar-refractivity contribution in [3.8, 4) is 0 Å². The van der Waals surface area contributed by atoms with Crippen molar-refractivity contribution in [3.05, 3.63) is 52.7 Å². The molecule has 7 heteroatoms. The van der Waals surface area contributed by atoms with Gasteiger partial charge < -0.3 is 15.4 Å². The van der Waals surface area contributed by atoms with Crippen LogP contribution in [0.25, 0.3) is 0 Å². The van der Waals surface area contributed by atoms with Crippen molar-refractivity contribution in [2.24, 2.45) is 5.92 Å². The lowest BCUT2D eigenvalue weighted by Crippen LogP contribution is -2.27. The number of nitrogens with one attached hydrogen (secondary N) is 2. The largest absolute Gasteiger partial charge is 0.465 e. The molecule has 1 aromatic heterocycles. The first-order valence-corrected chi connectivity index (χ1v) is 8.17. The molecule has 132 valence electrons. The summed E-state index contributed by atoms with van der Waals surface area (Å²) in [5.74, 6) is 0.174. The van der Waals surface area contributed by atoms with E-state index in [0.717, 1.165) is 0 Å². The fourth-order valence-electron chi connectivity index (χ4n) is 2.04. The van der Waals surface area contributed by atoms with Crippen LogP contribution in [0.5, 0.6) is 0 Å². The Kier molecular flexibility index (Phi) is 6.36. The van der Waals surface area contributed by atoms with Gasteiger partial charge in [0, 0.05) is 18.3 Å². The maximum absolute atomic E-state index is 12.1. The summed E-state index contributed by atoms with van der Waals surface area (Å²) in [5, 5.41) is 6.29. The van der Waals surface area contributed by atoms with Crippen molar-refractivity contribution in [1.29, 1.82) is 0 Å². The number of nitrogens with zero attached hydrogens (tertiary/aromatic N) is 1. The number of methoxy groups -OCH3 is 1. The monoisotopic (exact) mass is 361 g/mol. The molecule has 2 N–H and O–H groups in total. The fraction of sp³-hybridized carbons (Fsp3) is 0.278. The van der Waals surface area contributed by atoms with Crippen LogP contribution < -0.4 is 10.6 Å². The molecule has 0 unspecified atom stereocenters. The van der Waals surface area contributed by atoms with E-state index in [1.807, 2.05) is 13.8 Å².